The molecule has 0 amide bonds. The Morgan fingerprint density at radius 3 is 1.11 bits per heavy atom. The van der Waals surface area contributed by atoms with Crippen LogP contribution in [-0.4, -0.2) is 97.4 Å². The van der Waals surface area contributed by atoms with Crippen molar-refractivity contribution in [3.63, 3.8) is 0 Å². The summed E-state index contributed by atoms with van der Waals surface area (Å²) in [6, 6.07) is 0. The first-order valence-corrected chi connectivity index (χ1v) is 7.43. The number of carbonyl (C=O) groups excluding carboxylic acids is 2. The summed E-state index contributed by atoms with van der Waals surface area (Å²) in [5, 5.41) is 69.9. The quantitative estimate of drug-likeness (QED) is 0.185. The van der Waals surface area contributed by atoms with Crippen LogP contribution in [0.15, 0.2) is 0 Å². The average molecular weight is 436 g/mol. The van der Waals surface area contributed by atoms with Gasteiger partial charge in [0.25, 0.3) is 0 Å². The number of aliphatic hydroxyl groups is 4. The molecule has 0 saturated carbocycles. The first-order valence-electron chi connectivity index (χ1n) is 7.43. The standard InChI is InChI=1S/2C4H9O3.2C3H6O3.Ti/c2*5-1-3-7-4-2-6;2*1-2(4)3(5)6;/h2*5H,1-4H2;2*2,4H,1H3,(H,5,6);/q2*-1;;;/p-2. The molecule has 0 aliphatic heterocycles. The van der Waals surface area contributed by atoms with Crippen molar-refractivity contribution in [3.8, 4) is 0 Å². The minimum atomic E-state index is -1.44. The van der Waals surface area contributed by atoms with Crippen LogP contribution < -0.4 is 20.4 Å². The van der Waals surface area contributed by atoms with Gasteiger partial charge in [0.1, 0.15) is 0 Å². The molecule has 0 saturated heterocycles. The van der Waals surface area contributed by atoms with E-state index in [0.717, 1.165) is 13.8 Å². The van der Waals surface area contributed by atoms with E-state index in [9.17, 15) is 30.0 Å². The number of aliphatic hydroxyl groups excluding tert-OH is 4. The molecule has 27 heavy (non-hydrogen) atoms. The Balaban J connectivity index is -0.0000000789. The van der Waals surface area contributed by atoms with Gasteiger partial charge in [-0.3, -0.25) is 0 Å². The van der Waals surface area contributed by atoms with Crippen molar-refractivity contribution in [3.05, 3.63) is 0 Å². The normalized spacial score (nSPS) is 11.0. The number of rotatable bonds is 10. The average Bonchev–Trinajstić information content (AvgIpc) is 2.57. The molecule has 0 radical (unpaired) electrons. The van der Waals surface area contributed by atoms with Crippen molar-refractivity contribution in [2.24, 2.45) is 0 Å². The molecule has 0 bridgehead atoms. The number of carbonyl (C=O) groups is 2. The zero-order valence-corrected chi connectivity index (χ0v) is 16.9. The van der Waals surface area contributed by atoms with Crippen LogP contribution in [0, 0.1) is 0 Å². The topological polar surface area (TPSA) is 226 Å². The Morgan fingerprint density at radius 1 is 0.778 bits per heavy atom. The largest absolute Gasteiger partial charge is 0.853 e. The van der Waals surface area contributed by atoms with Crippen molar-refractivity contribution in [1.29, 1.82) is 0 Å². The maximum Gasteiger partial charge on any atom is 0.0905 e. The van der Waals surface area contributed by atoms with Gasteiger partial charge in [0.15, 0.2) is 0 Å². The van der Waals surface area contributed by atoms with E-state index in [-0.39, 0.29) is 74.6 Å². The van der Waals surface area contributed by atoms with Gasteiger partial charge in [0.2, 0.25) is 0 Å². The monoisotopic (exact) mass is 436 g/mol. The van der Waals surface area contributed by atoms with Crippen molar-refractivity contribution in [1.82, 2.24) is 0 Å². The Kier molecular flexibility index (Phi) is 45.3. The molecule has 4 N–H and O–H groups in total. The SMILES string of the molecule is CC(O)C(=O)[O-].CC(O)C(=O)[O-].[O-]CCOCCO.[O-]CCOCCO.[Ti]. The summed E-state index contributed by atoms with van der Waals surface area (Å²) in [6.45, 7) is 2.80. The van der Waals surface area contributed by atoms with Crippen LogP contribution in [0.25, 0.3) is 0 Å². The third kappa shape index (κ3) is 58.7. The summed E-state index contributed by atoms with van der Waals surface area (Å²) in [7, 11) is 0. The van der Waals surface area contributed by atoms with Crippen molar-refractivity contribution < 1.29 is 81.6 Å². The number of hydrogen-bond acceptors (Lipinski definition) is 12. The van der Waals surface area contributed by atoms with Gasteiger partial charge in [-0.1, -0.05) is 0 Å². The van der Waals surface area contributed by atoms with Crippen LogP contribution in [0.4, 0.5) is 0 Å². The first-order chi connectivity index (χ1) is 12.1. The van der Waals surface area contributed by atoms with E-state index < -0.39 is 24.1 Å². The summed E-state index contributed by atoms with van der Waals surface area (Å²) in [6.07, 6.45) is -2.69. The van der Waals surface area contributed by atoms with Gasteiger partial charge in [-0.15, -0.1) is 13.2 Å². The second-order valence-corrected chi connectivity index (χ2v) is 4.07. The molecule has 0 spiro atoms. The molecule has 0 rings (SSSR count). The predicted octanol–water partition coefficient (Wildman–Crippen LogP) is -7.06. The molecule has 0 aromatic rings. The third-order valence-electron chi connectivity index (χ3n) is 1.61. The van der Waals surface area contributed by atoms with Gasteiger partial charge in [-0.25, -0.2) is 0 Å². The second kappa shape index (κ2) is 33.0. The maximum atomic E-state index is 9.60. The number of aliphatic carboxylic acids is 2. The fraction of sp³-hybridized carbons (Fsp3) is 0.857. The van der Waals surface area contributed by atoms with Crippen molar-refractivity contribution in [2.45, 2.75) is 26.1 Å². The first kappa shape index (κ1) is 37.1. The summed E-state index contributed by atoms with van der Waals surface area (Å²) in [4.78, 5) is 18.7. The van der Waals surface area contributed by atoms with E-state index in [4.69, 9.17) is 20.4 Å². The van der Waals surface area contributed by atoms with Gasteiger partial charge in [0.05, 0.1) is 50.6 Å². The van der Waals surface area contributed by atoms with E-state index in [1.165, 1.54) is 0 Å². The van der Waals surface area contributed by atoms with E-state index in [1.54, 1.807) is 0 Å². The molecule has 0 aliphatic carbocycles. The Morgan fingerprint density at radius 2 is 1.00 bits per heavy atom. The molecule has 0 heterocycles. The zero-order chi connectivity index (χ0) is 21.4. The van der Waals surface area contributed by atoms with Gasteiger partial charge in [0, 0.05) is 34.9 Å². The predicted molar refractivity (Wildman–Crippen MR) is 78.9 cm³/mol. The van der Waals surface area contributed by atoms with Crippen LogP contribution in [0.5, 0.6) is 0 Å². The van der Waals surface area contributed by atoms with Crippen molar-refractivity contribution in [2.75, 3.05) is 52.9 Å². The van der Waals surface area contributed by atoms with Crippen molar-refractivity contribution >= 4 is 11.9 Å². The summed E-state index contributed by atoms with van der Waals surface area (Å²) in [5.74, 6) is -2.87. The molecule has 0 aliphatic rings. The Bertz CT molecular complexity index is 253. The van der Waals surface area contributed by atoms with Crippen LogP contribution in [0.2, 0.25) is 0 Å². The molecule has 0 aromatic heterocycles. The van der Waals surface area contributed by atoms with E-state index in [2.05, 4.69) is 9.47 Å². The minimum Gasteiger partial charge on any atom is -0.853 e. The van der Waals surface area contributed by atoms with E-state index >= 15 is 0 Å². The van der Waals surface area contributed by atoms with Crippen LogP contribution in [0.3, 0.4) is 0 Å². The Hall–Kier alpha value is -0.666. The van der Waals surface area contributed by atoms with Crippen LogP contribution in [-0.2, 0) is 40.8 Å². The fourth-order valence-corrected chi connectivity index (χ4v) is 0.451. The number of carboxylic acid groups (broad SMARTS) is 2. The number of ether oxygens (including phenoxy) is 2. The third-order valence-corrected chi connectivity index (χ3v) is 1.61. The van der Waals surface area contributed by atoms with E-state index in [0.29, 0.717) is 0 Å². The van der Waals surface area contributed by atoms with Crippen LogP contribution in [0.1, 0.15) is 13.8 Å². The number of carboxylic acids is 2. The molecule has 164 valence electrons. The zero-order valence-electron chi connectivity index (χ0n) is 15.4. The minimum absolute atomic E-state index is 0. The smallest absolute Gasteiger partial charge is 0.0905 e. The van der Waals surface area contributed by atoms with Gasteiger partial charge < -0.3 is 59.9 Å². The molecule has 2 unspecified atom stereocenters. The molecular formula is C14H28O12Ti-4. The van der Waals surface area contributed by atoms with Gasteiger partial charge >= 0.3 is 0 Å². The molecule has 0 fully saturated rings. The molecule has 2 atom stereocenters. The Labute approximate surface area is 172 Å². The van der Waals surface area contributed by atoms with Gasteiger partial charge in [-0.05, 0) is 13.8 Å². The number of hydrogen-bond donors (Lipinski definition) is 4. The molecule has 12 nitrogen and oxygen atoms in total. The fourth-order valence-electron chi connectivity index (χ4n) is 0.451. The summed E-state index contributed by atoms with van der Waals surface area (Å²) < 4.78 is 9.14. The summed E-state index contributed by atoms with van der Waals surface area (Å²) >= 11 is 0. The molecular weight excluding hydrogens is 408 g/mol. The summed E-state index contributed by atoms with van der Waals surface area (Å²) in [5.41, 5.74) is 0. The van der Waals surface area contributed by atoms with Gasteiger partial charge in [-0.2, -0.15) is 0 Å². The second-order valence-electron chi connectivity index (χ2n) is 4.07. The maximum absolute atomic E-state index is 9.60. The molecule has 13 heteroatoms. The molecule has 0 aromatic carbocycles. The van der Waals surface area contributed by atoms with E-state index in [1.807, 2.05) is 0 Å². The van der Waals surface area contributed by atoms with Crippen LogP contribution >= 0.6 is 0 Å².